The largest absolute Gasteiger partial charge is 0.352 e. The van der Waals surface area contributed by atoms with Gasteiger partial charge in [0.2, 0.25) is 5.91 Å². The van der Waals surface area contributed by atoms with E-state index in [-0.39, 0.29) is 30.8 Å². The molecule has 0 bridgehead atoms. The third kappa shape index (κ3) is 4.85. The summed E-state index contributed by atoms with van der Waals surface area (Å²) >= 11 is 0. The highest BCUT2D eigenvalue weighted by molar-refractivity contribution is 5.94. The molecule has 144 valence electrons. The molecule has 1 aromatic heterocycles. The molecule has 0 spiro atoms. The van der Waals surface area contributed by atoms with Crippen LogP contribution >= 0.6 is 0 Å². The van der Waals surface area contributed by atoms with Gasteiger partial charge in [0.15, 0.2) is 0 Å². The summed E-state index contributed by atoms with van der Waals surface area (Å²) in [5.41, 5.74) is 2.57. The standard InChI is InChI=1S/C22H24N4O2/c1-16-7-6-10-18(15-16)22(28)24-12-11-19(27)25-20(17-8-4-3-5-9-17)21-23-13-14-26(21)2/h3-10,13-15,20H,11-12H2,1-2H3,(H,24,28)(H,25,27). The minimum absolute atomic E-state index is 0.151. The van der Waals surface area contributed by atoms with Gasteiger partial charge in [-0.1, -0.05) is 48.0 Å². The van der Waals surface area contributed by atoms with Crippen molar-refractivity contribution < 1.29 is 9.59 Å². The molecule has 2 aromatic carbocycles. The Bertz CT molecular complexity index is 950. The van der Waals surface area contributed by atoms with Crippen molar-refractivity contribution in [2.24, 2.45) is 7.05 Å². The number of rotatable bonds is 7. The zero-order chi connectivity index (χ0) is 19.9. The van der Waals surface area contributed by atoms with Crippen LogP contribution in [0.3, 0.4) is 0 Å². The number of nitrogens with zero attached hydrogens (tertiary/aromatic N) is 2. The van der Waals surface area contributed by atoms with E-state index in [4.69, 9.17) is 0 Å². The Hall–Kier alpha value is -3.41. The van der Waals surface area contributed by atoms with E-state index in [1.54, 1.807) is 12.3 Å². The zero-order valence-electron chi connectivity index (χ0n) is 16.1. The predicted octanol–water partition coefficient (Wildman–Crippen LogP) is 2.75. The number of carbonyl (C=O) groups excluding carboxylic acids is 2. The molecular weight excluding hydrogens is 352 g/mol. The number of hydrogen-bond acceptors (Lipinski definition) is 3. The highest BCUT2D eigenvalue weighted by Gasteiger charge is 2.20. The SMILES string of the molecule is Cc1cccc(C(=O)NCCC(=O)NC(c2ccccc2)c2nccn2C)c1. The van der Waals surface area contributed by atoms with Gasteiger partial charge in [0.1, 0.15) is 11.9 Å². The first kappa shape index (κ1) is 19.4. The summed E-state index contributed by atoms with van der Waals surface area (Å²) in [6, 6.07) is 16.7. The van der Waals surface area contributed by atoms with Crippen LogP contribution in [0.2, 0.25) is 0 Å². The number of nitrogens with one attached hydrogen (secondary N) is 2. The Labute approximate surface area is 164 Å². The number of aromatic nitrogens is 2. The Kier molecular flexibility index (Phi) is 6.22. The van der Waals surface area contributed by atoms with Crippen LogP contribution in [0.1, 0.15) is 39.8 Å². The average Bonchev–Trinajstić information content (AvgIpc) is 3.12. The molecule has 6 nitrogen and oxygen atoms in total. The minimum atomic E-state index is -0.346. The maximum atomic E-state index is 12.5. The van der Waals surface area contributed by atoms with Crippen molar-refractivity contribution in [3.8, 4) is 0 Å². The van der Waals surface area contributed by atoms with E-state index in [0.29, 0.717) is 5.56 Å². The fraction of sp³-hybridized carbons (Fsp3) is 0.227. The van der Waals surface area contributed by atoms with E-state index in [1.165, 1.54) is 0 Å². The van der Waals surface area contributed by atoms with E-state index < -0.39 is 0 Å². The normalized spacial score (nSPS) is 11.6. The van der Waals surface area contributed by atoms with Crippen LogP contribution in [0.25, 0.3) is 0 Å². The monoisotopic (exact) mass is 376 g/mol. The molecule has 1 atom stereocenters. The van der Waals surface area contributed by atoms with Crippen molar-refractivity contribution in [2.75, 3.05) is 6.54 Å². The molecule has 0 saturated carbocycles. The van der Waals surface area contributed by atoms with Gasteiger partial charge in [-0.05, 0) is 24.6 Å². The molecule has 0 radical (unpaired) electrons. The quantitative estimate of drug-likeness (QED) is 0.666. The van der Waals surface area contributed by atoms with Crippen LogP contribution in [-0.4, -0.2) is 27.9 Å². The van der Waals surface area contributed by atoms with Gasteiger partial charge in [-0.15, -0.1) is 0 Å². The smallest absolute Gasteiger partial charge is 0.251 e. The summed E-state index contributed by atoms with van der Waals surface area (Å²) in [6.07, 6.45) is 3.74. The molecule has 0 aliphatic rings. The van der Waals surface area contributed by atoms with E-state index in [9.17, 15) is 9.59 Å². The van der Waals surface area contributed by atoms with Gasteiger partial charge in [0.25, 0.3) is 5.91 Å². The first-order valence-electron chi connectivity index (χ1n) is 9.21. The van der Waals surface area contributed by atoms with Crippen LogP contribution in [-0.2, 0) is 11.8 Å². The summed E-state index contributed by atoms with van der Waals surface area (Å²) in [4.78, 5) is 29.1. The zero-order valence-corrected chi connectivity index (χ0v) is 16.1. The lowest BCUT2D eigenvalue weighted by Gasteiger charge is -2.19. The second-order valence-corrected chi connectivity index (χ2v) is 6.68. The fourth-order valence-electron chi connectivity index (χ4n) is 3.01. The maximum Gasteiger partial charge on any atom is 0.251 e. The molecule has 2 N–H and O–H groups in total. The van der Waals surface area contributed by atoms with Crippen LogP contribution in [0.4, 0.5) is 0 Å². The lowest BCUT2D eigenvalue weighted by atomic mass is 10.1. The molecule has 1 unspecified atom stereocenters. The summed E-state index contributed by atoms with van der Waals surface area (Å²) in [5.74, 6) is 0.421. The molecule has 28 heavy (non-hydrogen) atoms. The van der Waals surface area contributed by atoms with Gasteiger partial charge >= 0.3 is 0 Å². The van der Waals surface area contributed by atoms with Crippen LogP contribution in [0.5, 0.6) is 0 Å². The summed E-state index contributed by atoms with van der Waals surface area (Å²) < 4.78 is 1.89. The van der Waals surface area contributed by atoms with Crippen molar-refractivity contribution in [1.29, 1.82) is 0 Å². The van der Waals surface area contributed by atoms with Gasteiger partial charge in [-0.2, -0.15) is 0 Å². The van der Waals surface area contributed by atoms with Crippen LogP contribution < -0.4 is 10.6 Å². The average molecular weight is 376 g/mol. The van der Waals surface area contributed by atoms with Crippen molar-refractivity contribution in [1.82, 2.24) is 20.2 Å². The van der Waals surface area contributed by atoms with Crippen LogP contribution in [0, 0.1) is 6.92 Å². The Morgan fingerprint density at radius 1 is 1.11 bits per heavy atom. The summed E-state index contributed by atoms with van der Waals surface area (Å²) in [5, 5.41) is 5.82. The molecule has 3 aromatic rings. The lowest BCUT2D eigenvalue weighted by Crippen LogP contribution is -2.34. The number of carbonyl (C=O) groups is 2. The van der Waals surface area contributed by atoms with E-state index in [2.05, 4.69) is 15.6 Å². The molecular formula is C22H24N4O2. The third-order valence-electron chi connectivity index (χ3n) is 4.47. The molecule has 0 aliphatic heterocycles. The molecule has 0 fully saturated rings. The van der Waals surface area contributed by atoms with E-state index in [1.807, 2.05) is 73.3 Å². The number of hydrogen-bond donors (Lipinski definition) is 2. The first-order valence-corrected chi connectivity index (χ1v) is 9.21. The molecule has 0 aliphatic carbocycles. The predicted molar refractivity (Wildman–Crippen MR) is 108 cm³/mol. The summed E-state index contributed by atoms with van der Waals surface area (Å²) in [6.45, 7) is 2.20. The highest BCUT2D eigenvalue weighted by Crippen LogP contribution is 2.20. The summed E-state index contributed by atoms with van der Waals surface area (Å²) in [7, 11) is 1.90. The Balaban J connectivity index is 1.60. The van der Waals surface area contributed by atoms with Crippen molar-refractivity contribution in [3.63, 3.8) is 0 Å². The fourth-order valence-corrected chi connectivity index (χ4v) is 3.01. The van der Waals surface area contributed by atoms with Gasteiger partial charge in [0.05, 0.1) is 0 Å². The molecule has 1 heterocycles. The Morgan fingerprint density at radius 3 is 2.57 bits per heavy atom. The topological polar surface area (TPSA) is 76.0 Å². The van der Waals surface area contributed by atoms with Gasteiger partial charge in [0, 0.05) is 38.0 Å². The number of imidazole rings is 1. The third-order valence-corrected chi connectivity index (χ3v) is 4.47. The number of amides is 2. The maximum absolute atomic E-state index is 12.5. The Morgan fingerprint density at radius 2 is 1.89 bits per heavy atom. The van der Waals surface area contributed by atoms with Gasteiger partial charge in [-0.3, -0.25) is 9.59 Å². The minimum Gasteiger partial charge on any atom is -0.352 e. The van der Waals surface area contributed by atoms with Gasteiger partial charge < -0.3 is 15.2 Å². The van der Waals surface area contributed by atoms with Crippen LogP contribution in [0.15, 0.2) is 67.0 Å². The van der Waals surface area contributed by atoms with Crippen molar-refractivity contribution in [3.05, 3.63) is 89.5 Å². The second-order valence-electron chi connectivity index (χ2n) is 6.68. The van der Waals surface area contributed by atoms with E-state index >= 15 is 0 Å². The molecule has 0 saturated heterocycles. The number of benzene rings is 2. The van der Waals surface area contributed by atoms with E-state index in [0.717, 1.165) is 17.0 Å². The molecule has 2 amide bonds. The molecule has 3 rings (SSSR count). The van der Waals surface area contributed by atoms with Crippen molar-refractivity contribution >= 4 is 11.8 Å². The first-order chi connectivity index (χ1) is 13.5. The highest BCUT2D eigenvalue weighted by atomic mass is 16.2. The van der Waals surface area contributed by atoms with Crippen molar-refractivity contribution in [2.45, 2.75) is 19.4 Å². The number of aryl methyl sites for hydroxylation is 2. The van der Waals surface area contributed by atoms with Gasteiger partial charge in [-0.25, -0.2) is 4.98 Å². The molecule has 6 heteroatoms. The lowest BCUT2D eigenvalue weighted by molar-refractivity contribution is -0.121. The second kappa shape index (κ2) is 8.99.